The van der Waals surface area contributed by atoms with E-state index in [1.807, 2.05) is 0 Å². The second kappa shape index (κ2) is 7.96. The van der Waals surface area contributed by atoms with E-state index in [4.69, 9.17) is 0 Å². The minimum atomic E-state index is 0.533. The lowest BCUT2D eigenvalue weighted by Gasteiger charge is -2.23. The predicted molar refractivity (Wildman–Crippen MR) is 76.6 cm³/mol. The zero-order valence-electron chi connectivity index (χ0n) is 12.0. The standard InChI is InChI=1S/C17H30O/c18-17-13-12-16(14-17)15-10-8-6-4-2-1-3-5-7-9-11-15/h15-16H,1-14H2. The van der Waals surface area contributed by atoms with Gasteiger partial charge in [0.1, 0.15) is 5.78 Å². The van der Waals surface area contributed by atoms with Crippen molar-refractivity contribution < 1.29 is 4.79 Å². The van der Waals surface area contributed by atoms with Crippen LogP contribution in [0.25, 0.3) is 0 Å². The van der Waals surface area contributed by atoms with Crippen LogP contribution >= 0.6 is 0 Å². The molecule has 0 spiro atoms. The molecule has 2 aliphatic rings. The van der Waals surface area contributed by atoms with Crippen LogP contribution in [0.2, 0.25) is 0 Å². The molecule has 1 nitrogen and oxygen atoms in total. The van der Waals surface area contributed by atoms with Gasteiger partial charge in [0.2, 0.25) is 0 Å². The summed E-state index contributed by atoms with van der Waals surface area (Å²) >= 11 is 0. The average molecular weight is 250 g/mol. The number of Topliss-reactive ketones (excluding diaryl/α,β-unsaturated/α-hetero) is 1. The highest BCUT2D eigenvalue weighted by atomic mass is 16.1. The fourth-order valence-electron chi connectivity index (χ4n) is 3.91. The lowest BCUT2D eigenvalue weighted by atomic mass is 9.82. The van der Waals surface area contributed by atoms with Gasteiger partial charge >= 0.3 is 0 Å². The number of hydrogen-bond acceptors (Lipinski definition) is 1. The van der Waals surface area contributed by atoms with E-state index in [1.54, 1.807) is 0 Å². The maximum atomic E-state index is 11.5. The molecule has 0 saturated heterocycles. The molecule has 2 aliphatic carbocycles. The summed E-state index contributed by atoms with van der Waals surface area (Å²) in [5.74, 6) is 2.16. The fraction of sp³-hybridized carbons (Fsp3) is 0.941. The highest BCUT2D eigenvalue weighted by molar-refractivity contribution is 5.80. The first-order valence-corrected chi connectivity index (χ1v) is 8.38. The molecule has 0 aromatic rings. The number of hydrogen-bond donors (Lipinski definition) is 0. The van der Waals surface area contributed by atoms with Crippen molar-refractivity contribution >= 4 is 5.78 Å². The van der Waals surface area contributed by atoms with Crippen molar-refractivity contribution in [3.63, 3.8) is 0 Å². The van der Waals surface area contributed by atoms with Crippen LogP contribution in [0.3, 0.4) is 0 Å². The van der Waals surface area contributed by atoms with Crippen molar-refractivity contribution in [3.05, 3.63) is 0 Å². The Hall–Kier alpha value is -0.330. The largest absolute Gasteiger partial charge is 0.300 e. The van der Waals surface area contributed by atoms with Gasteiger partial charge in [0.05, 0.1) is 0 Å². The van der Waals surface area contributed by atoms with Crippen LogP contribution in [0.4, 0.5) is 0 Å². The average Bonchev–Trinajstić information content (AvgIpc) is 2.76. The summed E-state index contributed by atoms with van der Waals surface area (Å²) in [5.41, 5.74) is 0. The van der Waals surface area contributed by atoms with Gasteiger partial charge in [-0.1, -0.05) is 70.6 Å². The Labute approximate surface area is 113 Å². The van der Waals surface area contributed by atoms with Gasteiger partial charge in [0.25, 0.3) is 0 Å². The van der Waals surface area contributed by atoms with E-state index in [0.717, 1.165) is 24.7 Å². The molecule has 2 fully saturated rings. The molecular weight excluding hydrogens is 220 g/mol. The van der Waals surface area contributed by atoms with Gasteiger partial charge < -0.3 is 0 Å². The van der Waals surface area contributed by atoms with Crippen molar-refractivity contribution in [3.8, 4) is 0 Å². The van der Waals surface area contributed by atoms with Crippen LogP contribution in [-0.2, 0) is 4.79 Å². The third-order valence-corrected chi connectivity index (χ3v) is 5.10. The first-order chi connectivity index (χ1) is 8.86. The molecule has 18 heavy (non-hydrogen) atoms. The summed E-state index contributed by atoms with van der Waals surface area (Å²) in [6.07, 6.45) is 18.7. The van der Waals surface area contributed by atoms with Crippen LogP contribution in [0.15, 0.2) is 0 Å². The third-order valence-electron chi connectivity index (χ3n) is 5.10. The van der Waals surface area contributed by atoms with E-state index in [2.05, 4.69) is 0 Å². The third kappa shape index (κ3) is 4.74. The molecule has 1 heteroatoms. The molecule has 2 rings (SSSR count). The first kappa shape index (κ1) is 14.1. The van der Waals surface area contributed by atoms with E-state index < -0.39 is 0 Å². The second-order valence-electron chi connectivity index (χ2n) is 6.56. The molecule has 0 N–H and O–H groups in total. The molecule has 2 saturated carbocycles. The Morgan fingerprint density at radius 1 is 0.611 bits per heavy atom. The molecular formula is C17H30O. The van der Waals surface area contributed by atoms with Crippen LogP contribution in [0.5, 0.6) is 0 Å². The van der Waals surface area contributed by atoms with Crippen molar-refractivity contribution in [2.45, 2.75) is 89.9 Å². The molecule has 0 bridgehead atoms. The van der Waals surface area contributed by atoms with Crippen LogP contribution in [-0.4, -0.2) is 5.78 Å². The molecule has 0 aromatic carbocycles. The molecule has 1 unspecified atom stereocenters. The summed E-state index contributed by atoms with van der Waals surface area (Å²) in [6, 6.07) is 0. The number of ketones is 1. The number of carbonyl (C=O) groups is 1. The monoisotopic (exact) mass is 250 g/mol. The summed E-state index contributed by atoms with van der Waals surface area (Å²) in [5, 5.41) is 0. The molecule has 0 aromatic heterocycles. The molecule has 0 amide bonds. The van der Waals surface area contributed by atoms with Crippen molar-refractivity contribution in [2.75, 3.05) is 0 Å². The summed E-state index contributed by atoms with van der Waals surface area (Å²) in [7, 11) is 0. The van der Waals surface area contributed by atoms with Crippen molar-refractivity contribution in [1.82, 2.24) is 0 Å². The van der Waals surface area contributed by atoms with Crippen LogP contribution in [0.1, 0.15) is 89.9 Å². The molecule has 104 valence electrons. The SMILES string of the molecule is O=C1CCC(C2CCCCCCCCCCC2)C1. The minimum absolute atomic E-state index is 0.533. The molecule has 1 atom stereocenters. The fourth-order valence-corrected chi connectivity index (χ4v) is 3.91. The molecule has 0 radical (unpaired) electrons. The lowest BCUT2D eigenvalue weighted by Crippen LogP contribution is -2.13. The zero-order valence-corrected chi connectivity index (χ0v) is 12.0. The van der Waals surface area contributed by atoms with Gasteiger partial charge in [-0.05, 0) is 18.3 Å². The minimum Gasteiger partial charge on any atom is -0.300 e. The lowest BCUT2D eigenvalue weighted by molar-refractivity contribution is -0.117. The van der Waals surface area contributed by atoms with E-state index >= 15 is 0 Å². The Morgan fingerprint density at radius 2 is 1.11 bits per heavy atom. The maximum absolute atomic E-state index is 11.5. The van der Waals surface area contributed by atoms with Gasteiger partial charge in [0, 0.05) is 12.8 Å². The quantitative estimate of drug-likeness (QED) is 0.619. The molecule has 0 heterocycles. The smallest absolute Gasteiger partial charge is 0.133 e. The second-order valence-corrected chi connectivity index (χ2v) is 6.56. The summed E-state index contributed by atoms with van der Waals surface area (Å²) in [4.78, 5) is 11.5. The molecule has 0 aliphatic heterocycles. The number of rotatable bonds is 1. The summed E-state index contributed by atoms with van der Waals surface area (Å²) < 4.78 is 0. The van der Waals surface area contributed by atoms with Crippen molar-refractivity contribution in [1.29, 1.82) is 0 Å². The topological polar surface area (TPSA) is 17.1 Å². The van der Waals surface area contributed by atoms with E-state index in [9.17, 15) is 4.79 Å². The van der Waals surface area contributed by atoms with E-state index in [0.29, 0.717) is 5.78 Å². The Kier molecular flexibility index (Phi) is 6.23. The van der Waals surface area contributed by atoms with Gasteiger partial charge in [-0.25, -0.2) is 0 Å². The van der Waals surface area contributed by atoms with E-state index in [-0.39, 0.29) is 0 Å². The maximum Gasteiger partial charge on any atom is 0.133 e. The van der Waals surface area contributed by atoms with Crippen LogP contribution in [0, 0.1) is 11.8 Å². The summed E-state index contributed by atoms with van der Waals surface area (Å²) in [6.45, 7) is 0. The highest BCUT2D eigenvalue weighted by Crippen LogP contribution is 2.35. The van der Waals surface area contributed by atoms with Crippen molar-refractivity contribution in [2.24, 2.45) is 11.8 Å². The number of carbonyl (C=O) groups excluding carboxylic acids is 1. The Balaban J connectivity index is 1.79. The zero-order chi connectivity index (χ0) is 12.6. The first-order valence-electron chi connectivity index (χ1n) is 8.38. The Morgan fingerprint density at radius 3 is 1.56 bits per heavy atom. The van der Waals surface area contributed by atoms with Gasteiger partial charge in [-0.2, -0.15) is 0 Å². The van der Waals surface area contributed by atoms with Gasteiger partial charge in [0.15, 0.2) is 0 Å². The van der Waals surface area contributed by atoms with Gasteiger partial charge in [-0.15, -0.1) is 0 Å². The van der Waals surface area contributed by atoms with Gasteiger partial charge in [-0.3, -0.25) is 4.79 Å². The van der Waals surface area contributed by atoms with E-state index in [1.165, 1.54) is 77.0 Å². The predicted octanol–water partition coefficient (Wildman–Crippen LogP) is 5.28. The normalized spacial score (nSPS) is 29.8. The highest BCUT2D eigenvalue weighted by Gasteiger charge is 2.28. The van der Waals surface area contributed by atoms with Crippen LogP contribution < -0.4 is 0 Å². The Bertz CT molecular complexity index is 234.